The van der Waals surface area contributed by atoms with Gasteiger partial charge in [0.15, 0.2) is 0 Å². The molecule has 1 saturated heterocycles. The number of piperidine rings is 1. The molecule has 0 spiro atoms. The fourth-order valence-corrected chi connectivity index (χ4v) is 3.38. The molecule has 3 heteroatoms. The van der Waals surface area contributed by atoms with Crippen LogP contribution in [0.1, 0.15) is 51.4 Å². The fraction of sp³-hybridized carbons (Fsp3) is 0.933. The van der Waals surface area contributed by atoms with Crippen molar-refractivity contribution in [3.63, 3.8) is 0 Å². The Morgan fingerprint density at radius 1 is 1.06 bits per heavy atom. The lowest BCUT2D eigenvalue weighted by molar-refractivity contribution is -0.135. The SMILES string of the molecule is CN(CC1CCNCC1)C(=O)C1CCCCCC1. The summed E-state index contributed by atoms with van der Waals surface area (Å²) in [4.78, 5) is 14.5. The molecule has 1 N–H and O–H groups in total. The van der Waals surface area contributed by atoms with Gasteiger partial charge in [-0.15, -0.1) is 0 Å². The third kappa shape index (κ3) is 3.98. The van der Waals surface area contributed by atoms with Crippen LogP contribution in [-0.2, 0) is 4.79 Å². The minimum Gasteiger partial charge on any atom is -0.345 e. The zero-order chi connectivity index (χ0) is 12.8. The monoisotopic (exact) mass is 252 g/mol. The van der Waals surface area contributed by atoms with Crippen LogP contribution in [0.5, 0.6) is 0 Å². The van der Waals surface area contributed by atoms with Gasteiger partial charge in [-0.3, -0.25) is 4.79 Å². The smallest absolute Gasteiger partial charge is 0.225 e. The molecule has 0 aromatic rings. The second-order valence-corrected chi connectivity index (χ2v) is 6.10. The van der Waals surface area contributed by atoms with Crippen molar-refractivity contribution in [2.75, 3.05) is 26.7 Å². The van der Waals surface area contributed by atoms with Crippen LogP contribution in [-0.4, -0.2) is 37.5 Å². The topological polar surface area (TPSA) is 32.3 Å². The molecule has 0 unspecified atom stereocenters. The molecule has 1 aliphatic carbocycles. The molecular weight excluding hydrogens is 224 g/mol. The number of nitrogens with one attached hydrogen (secondary N) is 1. The molecule has 0 aromatic heterocycles. The van der Waals surface area contributed by atoms with E-state index in [2.05, 4.69) is 5.32 Å². The summed E-state index contributed by atoms with van der Waals surface area (Å²) in [6.07, 6.45) is 9.83. The molecule has 1 amide bonds. The molecule has 2 rings (SSSR count). The lowest BCUT2D eigenvalue weighted by Crippen LogP contribution is -2.39. The van der Waals surface area contributed by atoms with Crippen molar-refractivity contribution in [2.24, 2.45) is 11.8 Å². The number of carbonyl (C=O) groups is 1. The summed E-state index contributed by atoms with van der Waals surface area (Å²) in [5, 5.41) is 3.39. The van der Waals surface area contributed by atoms with E-state index < -0.39 is 0 Å². The highest BCUT2D eigenvalue weighted by Gasteiger charge is 2.25. The van der Waals surface area contributed by atoms with Gasteiger partial charge in [0.2, 0.25) is 5.91 Å². The Labute approximate surface area is 111 Å². The van der Waals surface area contributed by atoms with Crippen LogP contribution in [0.2, 0.25) is 0 Å². The Balaban J connectivity index is 1.79. The zero-order valence-electron chi connectivity index (χ0n) is 11.8. The minimum atomic E-state index is 0.319. The minimum absolute atomic E-state index is 0.319. The maximum atomic E-state index is 12.4. The highest BCUT2D eigenvalue weighted by molar-refractivity contribution is 5.78. The van der Waals surface area contributed by atoms with Gasteiger partial charge in [-0.2, -0.15) is 0 Å². The van der Waals surface area contributed by atoms with E-state index in [0.717, 1.165) is 32.5 Å². The van der Waals surface area contributed by atoms with Gasteiger partial charge in [-0.05, 0) is 44.7 Å². The normalized spacial score (nSPS) is 23.6. The highest BCUT2D eigenvalue weighted by atomic mass is 16.2. The zero-order valence-corrected chi connectivity index (χ0v) is 11.8. The van der Waals surface area contributed by atoms with Crippen molar-refractivity contribution >= 4 is 5.91 Å². The molecule has 104 valence electrons. The van der Waals surface area contributed by atoms with Gasteiger partial charge in [-0.1, -0.05) is 25.7 Å². The quantitative estimate of drug-likeness (QED) is 0.782. The average molecular weight is 252 g/mol. The molecule has 1 saturated carbocycles. The summed E-state index contributed by atoms with van der Waals surface area (Å²) in [6.45, 7) is 3.21. The Morgan fingerprint density at radius 3 is 2.28 bits per heavy atom. The van der Waals surface area contributed by atoms with Gasteiger partial charge in [0.1, 0.15) is 0 Å². The van der Waals surface area contributed by atoms with Gasteiger partial charge in [0.25, 0.3) is 0 Å². The summed E-state index contributed by atoms with van der Waals surface area (Å²) < 4.78 is 0. The van der Waals surface area contributed by atoms with E-state index in [4.69, 9.17) is 0 Å². The Morgan fingerprint density at radius 2 is 1.67 bits per heavy atom. The molecular formula is C15H28N2O. The van der Waals surface area contributed by atoms with Crippen LogP contribution < -0.4 is 5.32 Å². The van der Waals surface area contributed by atoms with Crippen LogP contribution in [0, 0.1) is 11.8 Å². The summed E-state index contributed by atoms with van der Waals surface area (Å²) in [7, 11) is 2.01. The standard InChI is InChI=1S/C15H28N2O/c1-17(12-13-8-10-16-11-9-13)15(18)14-6-4-2-3-5-7-14/h13-14,16H,2-12H2,1H3. The summed E-state index contributed by atoms with van der Waals surface area (Å²) >= 11 is 0. The maximum Gasteiger partial charge on any atom is 0.225 e. The third-order valence-electron chi connectivity index (χ3n) is 4.57. The molecule has 1 heterocycles. The Kier molecular flexibility index (Phi) is 5.48. The largest absolute Gasteiger partial charge is 0.345 e. The number of rotatable bonds is 3. The van der Waals surface area contributed by atoms with E-state index in [1.807, 2.05) is 11.9 Å². The van der Waals surface area contributed by atoms with E-state index in [1.165, 1.54) is 38.5 Å². The maximum absolute atomic E-state index is 12.4. The Bertz CT molecular complexity index is 253. The van der Waals surface area contributed by atoms with Crippen molar-refractivity contribution in [1.29, 1.82) is 0 Å². The van der Waals surface area contributed by atoms with Crippen LogP contribution in [0.4, 0.5) is 0 Å². The van der Waals surface area contributed by atoms with Crippen LogP contribution in [0.25, 0.3) is 0 Å². The molecule has 3 nitrogen and oxygen atoms in total. The first kappa shape index (κ1) is 13.9. The van der Waals surface area contributed by atoms with Crippen molar-refractivity contribution in [1.82, 2.24) is 10.2 Å². The van der Waals surface area contributed by atoms with Crippen molar-refractivity contribution in [3.05, 3.63) is 0 Å². The first-order chi connectivity index (χ1) is 8.77. The van der Waals surface area contributed by atoms with Crippen LogP contribution in [0.15, 0.2) is 0 Å². The third-order valence-corrected chi connectivity index (χ3v) is 4.57. The van der Waals surface area contributed by atoms with Crippen molar-refractivity contribution in [2.45, 2.75) is 51.4 Å². The van der Waals surface area contributed by atoms with Gasteiger partial charge >= 0.3 is 0 Å². The van der Waals surface area contributed by atoms with Gasteiger partial charge < -0.3 is 10.2 Å². The van der Waals surface area contributed by atoms with Gasteiger partial charge in [0.05, 0.1) is 0 Å². The van der Waals surface area contributed by atoms with Crippen LogP contribution in [0.3, 0.4) is 0 Å². The number of hydrogen-bond donors (Lipinski definition) is 1. The van der Waals surface area contributed by atoms with Crippen molar-refractivity contribution < 1.29 is 4.79 Å². The summed E-state index contributed by atoms with van der Waals surface area (Å²) in [5.74, 6) is 1.45. The molecule has 2 aliphatic rings. The first-order valence-electron chi connectivity index (χ1n) is 7.73. The molecule has 1 aliphatic heterocycles. The molecule has 0 radical (unpaired) electrons. The predicted molar refractivity (Wildman–Crippen MR) is 74.4 cm³/mol. The van der Waals surface area contributed by atoms with Gasteiger partial charge in [0, 0.05) is 19.5 Å². The van der Waals surface area contributed by atoms with E-state index in [1.54, 1.807) is 0 Å². The number of carbonyl (C=O) groups excluding carboxylic acids is 1. The van der Waals surface area contributed by atoms with Crippen LogP contribution >= 0.6 is 0 Å². The van der Waals surface area contributed by atoms with E-state index >= 15 is 0 Å². The summed E-state index contributed by atoms with van der Waals surface area (Å²) in [6, 6.07) is 0. The Hall–Kier alpha value is -0.570. The summed E-state index contributed by atoms with van der Waals surface area (Å²) in [5.41, 5.74) is 0. The second kappa shape index (κ2) is 7.13. The molecule has 2 fully saturated rings. The number of nitrogens with zero attached hydrogens (tertiary/aromatic N) is 1. The number of amides is 1. The number of hydrogen-bond acceptors (Lipinski definition) is 2. The lowest BCUT2D eigenvalue weighted by atomic mass is 9.95. The average Bonchev–Trinajstić information content (AvgIpc) is 2.68. The van der Waals surface area contributed by atoms with E-state index in [0.29, 0.717) is 17.7 Å². The lowest BCUT2D eigenvalue weighted by Gasteiger charge is -2.29. The second-order valence-electron chi connectivity index (χ2n) is 6.10. The van der Waals surface area contributed by atoms with Crippen molar-refractivity contribution in [3.8, 4) is 0 Å². The highest BCUT2D eigenvalue weighted by Crippen LogP contribution is 2.25. The van der Waals surface area contributed by atoms with E-state index in [-0.39, 0.29) is 0 Å². The molecule has 0 bridgehead atoms. The fourth-order valence-electron chi connectivity index (χ4n) is 3.38. The van der Waals surface area contributed by atoms with Gasteiger partial charge in [-0.25, -0.2) is 0 Å². The first-order valence-corrected chi connectivity index (χ1v) is 7.73. The van der Waals surface area contributed by atoms with E-state index in [9.17, 15) is 4.79 Å². The predicted octanol–water partition coefficient (Wildman–Crippen LogP) is 2.41. The molecule has 18 heavy (non-hydrogen) atoms. The molecule has 0 atom stereocenters. The molecule has 0 aromatic carbocycles.